The Morgan fingerprint density at radius 3 is 2.37 bits per heavy atom. The second-order valence-electron chi connectivity index (χ2n) is 6.31. The molecule has 0 fully saturated rings. The highest BCUT2D eigenvalue weighted by molar-refractivity contribution is 5.05. The summed E-state index contributed by atoms with van der Waals surface area (Å²) in [5.74, 6) is 0.504. The van der Waals surface area contributed by atoms with Gasteiger partial charge in [0.1, 0.15) is 0 Å². The van der Waals surface area contributed by atoms with Crippen molar-refractivity contribution in [1.29, 1.82) is 0 Å². The van der Waals surface area contributed by atoms with Crippen molar-refractivity contribution in [2.45, 2.75) is 34.2 Å². The highest BCUT2D eigenvalue weighted by atomic mass is 16.2. The van der Waals surface area contributed by atoms with E-state index in [1.807, 2.05) is 0 Å². The van der Waals surface area contributed by atoms with E-state index in [0.717, 1.165) is 11.1 Å². The Morgan fingerprint density at radius 1 is 1.26 bits per heavy atom. The first-order chi connectivity index (χ1) is 8.64. The van der Waals surface area contributed by atoms with E-state index < -0.39 is 0 Å². The molecule has 1 heterocycles. The van der Waals surface area contributed by atoms with Crippen molar-refractivity contribution >= 4 is 0 Å². The van der Waals surface area contributed by atoms with Gasteiger partial charge in [-0.1, -0.05) is 27.7 Å². The van der Waals surface area contributed by atoms with Crippen LogP contribution in [0.2, 0.25) is 0 Å². The molecular weight excluding hydrogens is 242 g/mol. The van der Waals surface area contributed by atoms with Gasteiger partial charge in [0.25, 0.3) is 5.56 Å². The van der Waals surface area contributed by atoms with Crippen LogP contribution in [0.5, 0.6) is 0 Å². The third kappa shape index (κ3) is 3.80. The van der Waals surface area contributed by atoms with Crippen molar-refractivity contribution < 1.29 is 0 Å². The average Bonchev–Trinajstić information content (AvgIpc) is 2.31. The fraction of sp³-hybridized carbons (Fsp3) is 0.714. The molecule has 19 heavy (non-hydrogen) atoms. The number of nitrogens with one attached hydrogen (secondary N) is 1. The minimum absolute atomic E-state index is 0.223. The van der Waals surface area contributed by atoms with Gasteiger partial charge in [0.05, 0.1) is 0 Å². The van der Waals surface area contributed by atoms with Crippen LogP contribution >= 0.6 is 0 Å². The maximum absolute atomic E-state index is 11.9. The van der Waals surface area contributed by atoms with Gasteiger partial charge in [0.15, 0.2) is 0 Å². The summed E-state index contributed by atoms with van der Waals surface area (Å²) in [6.45, 7) is 10.1. The van der Waals surface area contributed by atoms with Crippen LogP contribution in [0.3, 0.4) is 0 Å². The Kier molecular flexibility index (Phi) is 4.74. The van der Waals surface area contributed by atoms with Gasteiger partial charge in [-0.3, -0.25) is 9.36 Å². The lowest BCUT2D eigenvalue weighted by Crippen LogP contribution is -2.40. The maximum atomic E-state index is 11.9. The molecule has 1 N–H and O–H groups in total. The first-order valence-corrected chi connectivity index (χ1v) is 6.61. The molecule has 1 unspecified atom stereocenters. The van der Waals surface area contributed by atoms with Crippen molar-refractivity contribution in [2.24, 2.45) is 25.4 Å². The van der Waals surface area contributed by atoms with Crippen LogP contribution < -0.4 is 16.6 Å². The minimum atomic E-state index is -0.295. The highest BCUT2D eigenvalue weighted by Crippen LogP contribution is 2.24. The molecule has 1 aromatic rings. The minimum Gasteiger partial charge on any atom is -0.312 e. The number of nitrogens with zero attached hydrogens (tertiary/aromatic N) is 2. The zero-order valence-electron chi connectivity index (χ0n) is 12.8. The predicted molar refractivity (Wildman–Crippen MR) is 77.2 cm³/mol. The van der Waals surface area contributed by atoms with Gasteiger partial charge in [0.2, 0.25) is 0 Å². The van der Waals surface area contributed by atoms with Crippen molar-refractivity contribution in [2.75, 3.05) is 6.54 Å². The molecule has 0 radical (unpaired) electrons. The summed E-state index contributed by atoms with van der Waals surface area (Å²) < 4.78 is 2.58. The fourth-order valence-electron chi connectivity index (χ4n) is 1.73. The molecule has 0 bridgehead atoms. The van der Waals surface area contributed by atoms with Gasteiger partial charge in [-0.2, -0.15) is 0 Å². The number of aryl methyl sites for hydroxylation is 1. The lowest BCUT2D eigenvalue weighted by Gasteiger charge is -2.27. The van der Waals surface area contributed by atoms with Crippen LogP contribution in [-0.2, 0) is 20.6 Å². The first-order valence-electron chi connectivity index (χ1n) is 6.61. The fourth-order valence-corrected chi connectivity index (χ4v) is 1.73. The lowest BCUT2D eigenvalue weighted by molar-refractivity contribution is 0.252. The Labute approximate surface area is 114 Å². The van der Waals surface area contributed by atoms with Crippen molar-refractivity contribution in [3.05, 3.63) is 32.6 Å². The van der Waals surface area contributed by atoms with E-state index in [2.05, 4.69) is 33.0 Å². The Morgan fingerprint density at radius 2 is 1.84 bits per heavy atom. The van der Waals surface area contributed by atoms with E-state index in [0.29, 0.717) is 18.0 Å². The van der Waals surface area contributed by atoms with Crippen LogP contribution in [-0.4, -0.2) is 15.7 Å². The molecule has 5 heteroatoms. The van der Waals surface area contributed by atoms with Crippen LogP contribution in [0.25, 0.3) is 0 Å². The summed E-state index contributed by atoms with van der Waals surface area (Å²) >= 11 is 0. The molecule has 0 aliphatic carbocycles. The molecule has 5 nitrogen and oxygen atoms in total. The topological polar surface area (TPSA) is 56.0 Å². The van der Waals surface area contributed by atoms with Gasteiger partial charge in [-0.05, 0) is 17.9 Å². The quantitative estimate of drug-likeness (QED) is 0.880. The van der Waals surface area contributed by atoms with E-state index in [1.165, 1.54) is 11.6 Å². The second kappa shape index (κ2) is 5.74. The molecule has 0 saturated heterocycles. The van der Waals surface area contributed by atoms with Crippen LogP contribution in [0.15, 0.2) is 15.8 Å². The van der Waals surface area contributed by atoms with E-state index in [-0.39, 0.29) is 16.7 Å². The monoisotopic (exact) mass is 267 g/mol. The molecule has 0 amide bonds. The number of hydrogen-bond acceptors (Lipinski definition) is 3. The summed E-state index contributed by atoms with van der Waals surface area (Å²) in [6, 6.07) is 0. The summed E-state index contributed by atoms with van der Waals surface area (Å²) in [4.78, 5) is 23.5. The number of aromatic nitrogens is 2. The average molecular weight is 267 g/mol. The van der Waals surface area contributed by atoms with Crippen molar-refractivity contribution in [1.82, 2.24) is 14.5 Å². The molecule has 0 saturated carbocycles. The summed E-state index contributed by atoms with van der Waals surface area (Å²) in [5, 5.41) is 3.29. The van der Waals surface area contributed by atoms with Gasteiger partial charge in [-0.15, -0.1) is 0 Å². The zero-order chi connectivity index (χ0) is 14.8. The van der Waals surface area contributed by atoms with E-state index in [9.17, 15) is 9.59 Å². The summed E-state index contributed by atoms with van der Waals surface area (Å²) in [7, 11) is 3.16. The largest absolute Gasteiger partial charge is 0.330 e. The van der Waals surface area contributed by atoms with Gasteiger partial charge >= 0.3 is 5.69 Å². The van der Waals surface area contributed by atoms with Crippen LogP contribution in [0, 0.1) is 11.3 Å². The SMILES string of the molecule is CC(CNCc1cn(C)c(=O)n(C)c1=O)C(C)(C)C. The lowest BCUT2D eigenvalue weighted by atomic mass is 9.82. The zero-order valence-corrected chi connectivity index (χ0v) is 12.8. The third-order valence-corrected chi connectivity index (χ3v) is 3.76. The standard InChI is InChI=1S/C14H25N3O2/c1-10(14(2,3)4)7-15-8-11-9-16(5)13(19)17(6)12(11)18/h9-10,15H,7-8H2,1-6H3. The summed E-state index contributed by atoms with van der Waals surface area (Å²) in [6.07, 6.45) is 1.61. The molecule has 0 aliphatic heterocycles. The normalized spacial score (nSPS) is 13.6. The van der Waals surface area contributed by atoms with Gasteiger partial charge in [-0.25, -0.2) is 4.79 Å². The smallest absolute Gasteiger partial charge is 0.312 e. The molecule has 0 aromatic carbocycles. The predicted octanol–water partition coefficient (Wildman–Crippen LogP) is 0.856. The second-order valence-corrected chi connectivity index (χ2v) is 6.31. The van der Waals surface area contributed by atoms with E-state index in [1.54, 1.807) is 13.2 Å². The van der Waals surface area contributed by atoms with Crippen LogP contribution in [0.1, 0.15) is 33.3 Å². The van der Waals surface area contributed by atoms with E-state index in [4.69, 9.17) is 0 Å². The van der Waals surface area contributed by atoms with Crippen molar-refractivity contribution in [3.8, 4) is 0 Å². The first kappa shape index (κ1) is 15.7. The Bertz CT molecular complexity index is 549. The van der Waals surface area contributed by atoms with E-state index >= 15 is 0 Å². The third-order valence-electron chi connectivity index (χ3n) is 3.76. The number of rotatable bonds is 4. The molecular formula is C14H25N3O2. The van der Waals surface area contributed by atoms with Crippen LogP contribution in [0.4, 0.5) is 0 Å². The maximum Gasteiger partial charge on any atom is 0.330 e. The van der Waals surface area contributed by atoms with Crippen molar-refractivity contribution in [3.63, 3.8) is 0 Å². The van der Waals surface area contributed by atoms with Gasteiger partial charge in [0, 0.05) is 32.4 Å². The summed E-state index contributed by atoms with van der Waals surface area (Å²) in [5.41, 5.74) is 0.336. The molecule has 0 aliphatic rings. The Hall–Kier alpha value is -1.36. The molecule has 1 rings (SSSR count). The Balaban J connectivity index is 2.75. The number of hydrogen-bond donors (Lipinski definition) is 1. The molecule has 1 atom stereocenters. The van der Waals surface area contributed by atoms with Gasteiger partial charge < -0.3 is 9.88 Å². The molecule has 1 aromatic heterocycles. The molecule has 108 valence electrons. The molecule has 0 spiro atoms. The highest BCUT2D eigenvalue weighted by Gasteiger charge is 2.19.